The first-order valence-electron chi connectivity index (χ1n) is 6.99. The molecule has 2 unspecified atom stereocenters. The lowest BCUT2D eigenvalue weighted by Crippen LogP contribution is -2.23. The lowest BCUT2D eigenvalue weighted by Gasteiger charge is -2.32. The first kappa shape index (κ1) is 11.3. The molecule has 0 radical (unpaired) electrons. The summed E-state index contributed by atoms with van der Waals surface area (Å²) < 4.78 is 0. The normalized spacial score (nSPS) is 39.8. The molecule has 0 amide bonds. The largest absolute Gasteiger partial charge is 0.326 e. The topological polar surface area (TPSA) is 26.0 Å². The summed E-state index contributed by atoms with van der Waals surface area (Å²) in [5, 5.41) is 0. The van der Waals surface area contributed by atoms with Crippen molar-refractivity contribution in [1.82, 2.24) is 0 Å². The van der Waals surface area contributed by atoms with Crippen molar-refractivity contribution in [1.29, 1.82) is 0 Å². The van der Waals surface area contributed by atoms with Gasteiger partial charge >= 0.3 is 0 Å². The van der Waals surface area contributed by atoms with E-state index in [1.54, 1.807) is 5.56 Å². The van der Waals surface area contributed by atoms with Gasteiger partial charge in [-0.1, -0.05) is 38.1 Å². The average Bonchev–Trinajstić information content (AvgIpc) is 2.91. The summed E-state index contributed by atoms with van der Waals surface area (Å²) in [5.74, 6) is 4.58. The van der Waals surface area contributed by atoms with Gasteiger partial charge in [-0.25, -0.2) is 0 Å². The molecule has 0 heterocycles. The van der Waals surface area contributed by atoms with Crippen LogP contribution < -0.4 is 5.73 Å². The monoisotopic (exact) mass is 229 g/mol. The van der Waals surface area contributed by atoms with E-state index in [4.69, 9.17) is 5.73 Å². The van der Waals surface area contributed by atoms with Gasteiger partial charge in [0.2, 0.25) is 0 Å². The van der Waals surface area contributed by atoms with Gasteiger partial charge in [-0.3, -0.25) is 0 Å². The minimum absolute atomic E-state index is 0.657. The third-order valence-corrected chi connectivity index (χ3v) is 5.54. The second kappa shape index (κ2) is 4.13. The van der Waals surface area contributed by atoms with Crippen LogP contribution in [0.4, 0.5) is 0 Å². The highest BCUT2D eigenvalue weighted by Gasteiger charge is 2.48. The van der Waals surface area contributed by atoms with Crippen LogP contribution in [0.3, 0.4) is 0 Å². The summed E-state index contributed by atoms with van der Waals surface area (Å²) in [4.78, 5) is 0. The molecule has 2 aliphatic rings. The van der Waals surface area contributed by atoms with Crippen molar-refractivity contribution in [3.63, 3.8) is 0 Å². The van der Waals surface area contributed by atoms with Crippen LogP contribution in [0.5, 0.6) is 0 Å². The van der Waals surface area contributed by atoms with Gasteiger partial charge in [0.05, 0.1) is 0 Å². The van der Waals surface area contributed by atoms with Crippen LogP contribution in [0, 0.1) is 23.7 Å². The molecule has 0 aliphatic heterocycles. The van der Waals surface area contributed by atoms with Crippen molar-refractivity contribution < 1.29 is 0 Å². The molecule has 3 rings (SSSR count). The highest BCUT2D eigenvalue weighted by Crippen LogP contribution is 2.58. The average molecular weight is 229 g/mol. The highest BCUT2D eigenvalue weighted by molar-refractivity contribution is 5.28. The lowest BCUT2D eigenvalue weighted by molar-refractivity contribution is 0.232. The molecule has 2 fully saturated rings. The summed E-state index contributed by atoms with van der Waals surface area (Å²) in [6, 6.07) is 9.03. The van der Waals surface area contributed by atoms with Crippen LogP contribution in [-0.4, -0.2) is 0 Å². The van der Waals surface area contributed by atoms with E-state index in [1.165, 1.54) is 18.4 Å². The van der Waals surface area contributed by atoms with Crippen LogP contribution >= 0.6 is 0 Å². The fourth-order valence-electron chi connectivity index (χ4n) is 4.22. The molecule has 2 aliphatic carbocycles. The third kappa shape index (κ3) is 1.72. The van der Waals surface area contributed by atoms with Gasteiger partial charge in [-0.05, 0) is 53.6 Å². The zero-order valence-electron chi connectivity index (χ0n) is 10.9. The molecule has 2 saturated carbocycles. The second-order valence-corrected chi connectivity index (χ2v) is 6.17. The molecule has 92 valence electrons. The Morgan fingerprint density at radius 1 is 1.06 bits per heavy atom. The molecule has 0 spiro atoms. The van der Waals surface area contributed by atoms with Crippen molar-refractivity contribution in [2.24, 2.45) is 29.4 Å². The van der Waals surface area contributed by atoms with Crippen molar-refractivity contribution in [2.75, 3.05) is 0 Å². The summed E-state index contributed by atoms with van der Waals surface area (Å²) in [6.45, 7) is 5.56. The molecular weight excluding hydrogens is 206 g/mol. The van der Waals surface area contributed by atoms with Gasteiger partial charge in [0, 0.05) is 6.54 Å². The fraction of sp³-hybridized carbons (Fsp3) is 0.625. The summed E-state index contributed by atoms with van der Waals surface area (Å²) >= 11 is 0. The van der Waals surface area contributed by atoms with Gasteiger partial charge in [0.1, 0.15) is 0 Å². The Morgan fingerprint density at radius 2 is 1.76 bits per heavy atom. The molecule has 1 aromatic rings. The van der Waals surface area contributed by atoms with Crippen LogP contribution in [-0.2, 0) is 6.54 Å². The van der Waals surface area contributed by atoms with Crippen LogP contribution in [0.15, 0.2) is 24.3 Å². The third-order valence-electron chi connectivity index (χ3n) is 5.54. The van der Waals surface area contributed by atoms with E-state index >= 15 is 0 Å². The highest BCUT2D eigenvalue weighted by atomic mass is 14.5. The molecule has 5 atom stereocenters. The molecule has 2 N–H and O–H groups in total. The maximum Gasteiger partial charge on any atom is 0.0178 e. The van der Waals surface area contributed by atoms with E-state index < -0.39 is 0 Å². The van der Waals surface area contributed by atoms with Gasteiger partial charge < -0.3 is 5.73 Å². The van der Waals surface area contributed by atoms with Gasteiger partial charge in [0.15, 0.2) is 0 Å². The van der Waals surface area contributed by atoms with Crippen LogP contribution in [0.2, 0.25) is 0 Å². The van der Waals surface area contributed by atoms with Gasteiger partial charge in [0.25, 0.3) is 0 Å². The van der Waals surface area contributed by atoms with Crippen molar-refractivity contribution in [2.45, 2.75) is 39.2 Å². The zero-order valence-corrected chi connectivity index (χ0v) is 10.9. The smallest absolute Gasteiger partial charge is 0.0178 e. The summed E-state index contributed by atoms with van der Waals surface area (Å²) in [5.41, 5.74) is 8.45. The Hall–Kier alpha value is -0.820. The molecule has 1 aromatic carbocycles. The fourth-order valence-corrected chi connectivity index (χ4v) is 4.22. The summed E-state index contributed by atoms with van der Waals surface area (Å²) in [7, 11) is 0. The number of hydrogen-bond donors (Lipinski definition) is 1. The van der Waals surface area contributed by atoms with Gasteiger partial charge in [-0.15, -0.1) is 0 Å². The second-order valence-electron chi connectivity index (χ2n) is 6.17. The zero-order chi connectivity index (χ0) is 12.0. The SMILES string of the molecule is CC1C(C)[C@H]2C[C@@H]1C[C@@H]2c1ccc(CN)cc1. The first-order chi connectivity index (χ1) is 8.20. The Balaban J connectivity index is 1.82. The van der Waals surface area contributed by atoms with E-state index in [2.05, 4.69) is 38.1 Å². The molecule has 1 nitrogen and oxygen atoms in total. The van der Waals surface area contributed by atoms with Crippen molar-refractivity contribution >= 4 is 0 Å². The maximum absolute atomic E-state index is 5.65. The molecule has 0 aromatic heterocycles. The van der Waals surface area contributed by atoms with Crippen LogP contribution in [0.1, 0.15) is 43.7 Å². The molecule has 1 heteroatoms. The van der Waals surface area contributed by atoms with Gasteiger partial charge in [-0.2, -0.15) is 0 Å². The van der Waals surface area contributed by atoms with E-state index in [0.29, 0.717) is 6.54 Å². The summed E-state index contributed by atoms with van der Waals surface area (Å²) in [6.07, 6.45) is 2.88. The van der Waals surface area contributed by atoms with Crippen molar-refractivity contribution in [3.8, 4) is 0 Å². The van der Waals surface area contributed by atoms with E-state index in [-0.39, 0.29) is 0 Å². The van der Waals surface area contributed by atoms with Crippen LogP contribution in [0.25, 0.3) is 0 Å². The molecule has 0 saturated heterocycles. The Bertz CT molecular complexity index is 392. The number of benzene rings is 1. The molecular formula is C16H23N. The maximum atomic E-state index is 5.65. The molecule has 17 heavy (non-hydrogen) atoms. The Morgan fingerprint density at radius 3 is 2.29 bits per heavy atom. The quantitative estimate of drug-likeness (QED) is 0.824. The minimum Gasteiger partial charge on any atom is -0.326 e. The number of hydrogen-bond acceptors (Lipinski definition) is 1. The predicted octanol–water partition coefficient (Wildman–Crippen LogP) is 3.54. The predicted molar refractivity (Wildman–Crippen MR) is 71.6 cm³/mol. The number of fused-ring (bicyclic) bond motifs is 2. The minimum atomic E-state index is 0.657. The Labute approximate surface area is 104 Å². The number of rotatable bonds is 2. The van der Waals surface area contributed by atoms with E-state index in [1.807, 2.05) is 0 Å². The van der Waals surface area contributed by atoms with E-state index in [0.717, 1.165) is 29.6 Å². The van der Waals surface area contributed by atoms with E-state index in [9.17, 15) is 0 Å². The van der Waals surface area contributed by atoms with Crippen molar-refractivity contribution in [3.05, 3.63) is 35.4 Å². The Kier molecular flexibility index (Phi) is 2.74. The molecule has 2 bridgehead atoms. The first-order valence-corrected chi connectivity index (χ1v) is 6.99. The number of nitrogens with two attached hydrogens (primary N) is 1. The lowest BCUT2D eigenvalue weighted by atomic mass is 9.73. The standard InChI is InChI=1S/C16H23N/c1-10-11(2)15-7-14(10)8-16(15)13-5-3-12(9-17)4-6-13/h3-6,10-11,14-16H,7-9,17H2,1-2H3/t10?,11?,14-,15-,16-/m1/s1.